The fourth-order valence-corrected chi connectivity index (χ4v) is 5.35. The monoisotopic (exact) mass is 180 g/mol. The van der Waals surface area contributed by atoms with Gasteiger partial charge in [0, 0.05) is 11.0 Å². The first-order valence-corrected chi connectivity index (χ1v) is 7.10. The van der Waals surface area contributed by atoms with Crippen LogP contribution in [0.2, 0.25) is 0 Å². The Morgan fingerprint density at radius 1 is 1.56 bits per heavy atom. The van der Waals surface area contributed by atoms with Gasteiger partial charge in [0.25, 0.3) is 0 Å². The second-order valence-corrected chi connectivity index (χ2v) is 9.14. The molecule has 0 saturated carbocycles. The average molecular weight is 180 g/mol. The van der Waals surface area contributed by atoms with Crippen LogP contribution in [0.1, 0.15) is 26.2 Å². The topological polar surface area (TPSA) is 0 Å². The van der Waals surface area contributed by atoms with Gasteiger partial charge in [-0.15, -0.1) is 0 Å². The van der Waals surface area contributed by atoms with Gasteiger partial charge in [0.2, 0.25) is 0 Å². The van der Waals surface area contributed by atoms with Crippen molar-refractivity contribution in [1.29, 1.82) is 0 Å². The molecule has 0 bridgehead atoms. The van der Waals surface area contributed by atoms with Crippen LogP contribution in [0.5, 0.6) is 0 Å². The Morgan fingerprint density at radius 2 is 2.22 bits per heavy atom. The normalized spacial score (nSPS) is 32.8. The number of hydrogen-bond donors (Lipinski definition) is 0. The summed E-state index contributed by atoms with van der Waals surface area (Å²) in [5.74, 6) is 1.16. The lowest BCUT2D eigenvalue weighted by atomic mass is 10.2. The van der Waals surface area contributed by atoms with Crippen molar-refractivity contribution in [3.8, 4) is 0 Å². The van der Waals surface area contributed by atoms with Crippen LogP contribution in [-0.4, -0.2) is 11.0 Å². The lowest BCUT2D eigenvalue weighted by Gasteiger charge is -2.09. The highest BCUT2D eigenvalue weighted by Crippen LogP contribution is 2.23. The second kappa shape index (κ2) is 2.81. The van der Waals surface area contributed by atoms with Crippen molar-refractivity contribution in [2.24, 2.45) is 0 Å². The van der Waals surface area contributed by atoms with Crippen LogP contribution in [0.3, 0.4) is 0 Å². The maximum atomic E-state index is 5.33. The van der Waals surface area contributed by atoms with E-state index in [-0.39, 0.29) is 0 Å². The summed E-state index contributed by atoms with van der Waals surface area (Å²) in [6.07, 6.45) is 3.81. The zero-order valence-electron chi connectivity index (χ0n) is 5.63. The quantitative estimate of drug-likeness (QED) is 0.602. The minimum Gasteiger partial charge on any atom is -0.0865 e. The van der Waals surface area contributed by atoms with E-state index in [0.29, 0.717) is 0 Å². The molecule has 1 heterocycles. The van der Waals surface area contributed by atoms with Crippen LogP contribution in [0.4, 0.5) is 0 Å². The molecule has 1 saturated heterocycles. The fraction of sp³-hybridized carbons (Fsp3) is 1.00. The van der Waals surface area contributed by atoms with Gasteiger partial charge in [0.15, 0.2) is 0 Å². The van der Waals surface area contributed by atoms with E-state index in [0.717, 1.165) is 11.0 Å². The first-order chi connectivity index (χ1) is 4.17. The molecule has 0 nitrogen and oxygen atoms in total. The van der Waals surface area contributed by atoms with Gasteiger partial charge < -0.3 is 0 Å². The summed E-state index contributed by atoms with van der Waals surface area (Å²) in [5, 5.41) is 0.725. The van der Waals surface area contributed by atoms with E-state index >= 15 is 0 Å². The molecule has 0 aromatic carbocycles. The number of rotatable bonds is 1. The molecule has 54 valence electrons. The highest BCUT2D eigenvalue weighted by Gasteiger charge is 2.21. The molecule has 1 aliphatic heterocycles. The number of hydrogen-bond acceptors (Lipinski definition) is 2. The Labute approximate surface area is 66.8 Å². The van der Waals surface area contributed by atoms with Gasteiger partial charge in [-0.2, -0.15) is 0 Å². The van der Waals surface area contributed by atoms with E-state index in [1.807, 2.05) is 0 Å². The van der Waals surface area contributed by atoms with E-state index in [1.54, 1.807) is 0 Å². The van der Waals surface area contributed by atoms with Crippen molar-refractivity contribution < 1.29 is 0 Å². The molecule has 0 radical (unpaired) electrons. The summed E-state index contributed by atoms with van der Waals surface area (Å²) in [7, 11) is -0.970. The minimum atomic E-state index is -0.970. The summed E-state index contributed by atoms with van der Waals surface area (Å²) in [6.45, 7) is 2.20. The molecular formula is C6H12S3. The Bertz CT molecular complexity index is 178. The predicted molar refractivity (Wildman–Crippen MR) is 50.3 cm³/mol. The largest absolute Gasteiger partial charge is 0.0865 e. The van der Waals surface area contributed by atoms with Crippen molar-refractivity contribution in [2.75, 3.05) is 5.75 Å². The van der Waals surface area contributed by atoms with Crippen LogP contribution >= 0.6 is 0 Å². The molecule has 0 N–H and O–H groups in total. The van der Waals surface area contributed by atoms with Crippen LogP contribution in [0, 0.1) is 0 Å². The molecule has 1 fully saturated rings. The molecular weight excluding hydrogens is 168 g/mol. The summed E-state index contributed by atoms with van der Waals surface area (Å²) >= 11 is 10.7. The third-order valence-corrected chi connectivity index (χ3v) is 6.99. The molecule has 9 heavy (non-hydrogen) atoms. The first-order valence-electron chi connectivity index (χ1n) is 3.38. The van der Waals surface area contributed by atoms with Crippen molar-refractivity contribution in [3.63, 3.8) is 0 Å². The Morgan fingerprint density at radius 3 is 2.44 bits per heavy atom. The molecule has 1 atom stereocenters. The molecule has 1 unspecified atom stereocenters. The predicted octanol–water partition coefficient (Wildman–Crippen LogP) is 1.64. The fourth-order valence-electron chi connectivity index (χ4n) is 1.32. The van der Waals surface area contributed by atoms with E-state index < -0.39 is 7.15 Å². The highest BCUT2D eigenvalue weighted by atomic mass is 33.1. The van der Waals surface area contributed by atoms with Crippen LogP contribution in [-0.2, 0) is 29.5 Å². The van der Waals surface area contributed by atoms with Gasteiger partial charge in [-0.05, 0) is 41.6 Å². The van der Waals surface area contributed by atoms with Crippen molar-refractivity contribution in [3.05, 3.63) is 0 Å². The maximum Gasteiger partial charge on any atom is 0.0132 e. The molecule has 0 amide bonds. The molecule has 0 aliphatic carbocycles. The smallest absolute Gasteiger partial charge is 0.0132 e. The average Bonchev–Trinajstić information content (AvgIpc) is 2.08. The standard InChI is InChI=1S/C6H12S3/c1-2-6-4-3-5-9(6,7)8/h6H,2-5H2,1H3. The summed E-state index contributed by atoms with van der Waals surface area (Å²) in [6, 6.07) is 0. The second-order valence-electron chi connectivity index (χ2n) is 2.54. The van der Waals surface area contributed by atoms with E-state index in [4.69, 9.17) is 22.4 Å². The third kappa shape index (κ3) is 1.63. The summed E-state index contributed by atoms with van der Waals surface area (Å²) < 4.78 is 0. The van der Waals surface area contributed by atoms with Crippen molar-refractivity contribution in [1.82, 2.24) is 0 Å². The summed E-state index contributed by atoms with van der Waals surface area (Å²) in [5.41, 5.74) is 0. The zero-order valence-corrected chi connectivity index (χ0v) is 8.08. The van der Waals surface area contributed by atoms with Crippen LogP contribution in [0.15, 0.2) is 0 Å². The highest BCUT2D eigenvalue weighted by molar-refractivity contribution is 8.56. The van der Waals surface area contributed by atoms with Gasteiger partial charge in [-0.3, -0.25) is 0 Å². The van der Waals surface area contributed by atoms with Gasteiger partial charge >= 0.3 is 0 Å². The molecule has 0 aromatic heterocycles. The molecule has 1 rings (SSSR count). The van der Waals surface area contributed by atoms with E-state index in [2.05, 4.69) is 6.92 Å². The Balaban J connectivity index is 2.75. The first kappa shape index (κ1) is 7.89. The van der Waals surface area contributed by atoms with Crippen molar-refractivity contribution >= 4 is 29.5 Å². The Kier molecular flexibility index (Phi) is 2.46. The van der Waals surface area contributed by atoms with Gasteiger partial charge in [-0.1, -0.05) is 14.1 Å². The molecule has 0 spiro atoms. The van der Waals surface area contributed by atoms with E-state index in [1.165, 1.54) is 19.3 Å². The van der Waals surface area contributed by atoms with E-state index in [9.17, 15) is 0 Å². The summed E-state index contributed by atoms with van der Waals surface area (Å²) in [4.78, 5) is 0. The lowest BCUT2D eigenvalue weighted by Crippen LogP contribution is -2.11. The molecule has 0 aromatic rings. The molecule has 1 aliphatic rings. The minimum absolute atomic E-state index is 0.725. The van der Waals surface area contributed by atoms with Gasteiger partial charge in [0.1, 0.15) is 0 Å². The van der Waals surface area contributed by atoms with Crippen molar-refractivity contribution in [2.45, 2.75) is 31.4 Å². The lowest BCUT2D eigenvalue weighted by molar-refractivity contribution is 0.758. The van der Waals surface area contributed by atoms with Gasteiger partial charge in [0.05, 0.1) is 0 Å². The van der Waals surface area contributed by atoms with Crippen LogP contribution < -0.4 is 0 Å². The maximum absolute atomic E-state index is 5.33. The SMILES string of the molecule is CCC1CCCS1(=S)=S. The third-order valence-electron chi connectivity index (χ3n) is 1.92. The zero-order chi connectivity index (χ0) is 6.91. The molecule has 3 heteroatoms. The van der Waals surface area contributed by atoms with Crippen LogP contribution in [0.25, 0.3) is 0 Å². The Hall–Kier alpha value is 0.790. The van der Waals surface area contributed by atoms with Gasteiger partial charge in [-0.25, -0.2) is 0 Å².